The first-order chi connectivity index (χ1) is 13.5. The molecule has 1 unspecified atom stereocenters. The topological polar surface area (TPSA) is 102 Å². The largest absolute Gasteiger partial charge is 0.462 e. The monoisotopic (exact) mass is 426 g/mol. The van der Waals surface area contributed by atoms with Crippen LogP contribution in [0.25, 0.3) is 0 Å². The second-order valence-corrected chi connectivity index (χ2v) is 9.79. The number of piperidine rings is 1. The molecule has 0 bridgehead atoms. The molecular weight excluding hydrogens is 396 g/mol. The average molecular weight is 427 g/mol. The van der Waals surface area contributed by atoms with Crippen molar-refractivity contribution in [3.63, 3.8) is 0 Å². The second-order valence-electron chi connectivity index (χ2n) is 7.90. The molecule has 0 aliphatic carbocycles. The number of benzene rings is 1. The molecule has 1 aromatic rings. The second kappa shape index (κ2) is 9.58. The summed E-state index contributed by atoms with van der Waals surface area (Å²) in [5.74, 6) is -0.564. The lowest BCUT2D eigenvalue weighted by molar-refractivity contribution is 0.0506. The van der Waals surface area contributed by atoms with Crippen molar-refractivity contribution < 1.29 is 27.5 Å². The van der Waals surface area contributed by atoms with Gasteiger partial charge in [0.15, 0.2) is 0 Å². The SMILES string of the molecule is CCOC(=O)c1cccc(S(=O)(=O)N2CCCCC2CNC(=O)OC(C)(C)C)c1. The number of nitrogens with zero attached hydrogens (tertiary/aromatic N) is 1. The highest BCUT2D eigenvalue weighted by atomic mass is 32.2. The molecule has 1 fully saturated rings. The molecule has 0 spiro atoms. The van der Waals surface area contributed by atoms with Crippen molar-refractivity contribution in [2.45, 2.75) is 63.5 Å². The van der Waals surface area contributed by atoms with Crippen LogP contribution in [0.2, 0.25) is 0 Å². The Bertz CT molecular complexity index is 832. The summed E-state index contributed by atoms with van der Waals surface area (Å²) < 4.78 is 38.1. The van der Waals surface area contributed by atoms with E-state index in [0.717, 1.165) is 12.8 Å². The lowest BCUT2D eigenvalue weighted by Crippen LogP contribution is -2.49. The van der Waals surface area contributed by atoms with Crippen LogP contribution in [0.5, 0.6) is 0 Å². The van der Waals surface area contributed by atoms with Crippen LogP contribution in [0, 0.1) is 0 Å². The third-order valence-electron chi connectivity index (χ3n) is 4.41. The summed E-state index contributed by atoms with van der Waals surface area (Å²) in [7, 11) is -3.83. The molecule has 9 heteroatoms. The summed E-state index contributed by atoms with van der Waals surface area (Å²) in [4.78, 5) is 24.0. The minimum absolute atomic E-state index is 0.0345. The van der Waals surface area contributed by atoms with E-state index in [1.807, 2.05) is 0 Å². The van der Waals surface area contributed by atoms with Gasteiger partial charge in [0, 0.05) is 19.1 Å². The Morgan fingerprint density at radius 2 is 1.97 bits per heavy atom. The normalized spacial score (nSPS) is 18.1. The number of hydrogen-bond acceptors (Lipinski definition) is 6. The molecule has 2 rings (SSSR count). The van der Waals surface area contributed by atoms with Gasteiger partial charge in [-0.15, -0.1) is 0 Å². The fraction of sp³-hybridized carbons (Fsp3) is 0.600. The van der Waals surface area contributed by atoms with Crippen LogP contribution in [-0.4, -0.2) is 56.1 Å². The first-order valence-corrected chi connectivity index (χ1v) is 11.2. The minimum Gasteiger partial charge on any atom is -0.462 e. The molecule has 1 atom stereocenters. The van der Waals surface area contributed by atoms with Gasteiger partial charge in [0.05, 0.1) is 17.1 Å². The van der Waals surface area contributed by atoms with Crippen molar-refractivity contribution in [1.29, 1.82) is 0 Å². The van der Waals surface area contributed by atoms with Crippen LogP contribution in [0.4, 0.5) is 4.79 Å². The van der Waals surface area contributed by atoms with Crippen molar-refractivity contribution in [2.24, 2.45) is 0 Å². The zero-order valence-corrected chi connectivity index (χ0v) is 18.3. The van der Waals surface area contributed by atoms with Crippen LogP contribution in [-0.2, 0) is 19.5 Å². The number of carbonyl (C=O) groups excluding carboxylic acids is 2. The first-order valence-electron chi connectivity index (χ1n) is 9.80. The fourth-order valence-corrected chi connectivity index (χ4v) is 4.88. The van der Waals surface area contributed by atoms with E-state index in [4.69, 9.17) is 9.47 Å². The molecule has 1 saturated heterocycles. The van der Waals surface area contributed by atoms with Crippen molar-refractivity contribution in [3.05, 3.63) is 29.8 Å². The summed E-state index contributed by atoms with van der Waals surface area (Å²) in [5.41, 5.74) is -0.441. The van der Waals surface area contributed by atoms with Crippen LogP contribution >= 0.6 is 0 Å². The maximum atomic E-state index is 13.2. The zero-order chi connectivity index (χ0) is 21.7. The zero-order valence-electron chi connectivity index (χ0n) is 17.4. The predicted molar refractivity (Wildman–Crippen MR) is 108 cm³/mol. The van der Waals surface area contributed by atoms with E-state index in [2.05, 4.69) is 5.32 Å². The van der Waals surface area contributed by atoms with Gasteiger partial charge >= 0.3 is 12.1 Å². The molecule has 1 aromatic carbocycles. The van der Waals surface area contributed by atoms with Gasteiger partial charge in [0.2, 0.25) is 10.0 Å². The van der Waals surface area contributed by atoms with E-state index in [9.17, 15) is 18.0 Å². The smallest absolute Gasteiger partial charge is 0.407 e. The first kappa shape index (κ1) is 23.2. The summed E-state index contributed by atoms with van der Waals surface area (Å²) >= 11 is 0. The summed E-state index contributed by atoms with van der Waals surface area (Å²) in [6.45, 7) is 7.70. The van der Waals surface area contributed by atoms with Gasteiger partial charge < -0.3 is 14.8 Å². The Labute approximate surface area is 172 Å². The number of sulfonamides is 1. The number of esters is 1. The van der Waals surface area contributed by atoms with Crippen LogP contribution in [0.15, 0.2) is 29.2 Å². The molecule has 0 aromatic heterocycles. The molecule has 1 heterocycles. The standard InChI is InChI=1S/C20H30N2O6S/c1-5-27-18(23)15-9-8-11-17(13-15)29(25,26)22-12-7-6-10-16(22)14-21-19(24)28-20(2,3)4/h8-9,11,13,16H,5-7,10,12,14H2,1-4H3,(H,21,24). The van der Waals surface area contributed by atoms with Gasteiger partial charge in [-0.3, -0.25) is 0 Å². The molecule has 162 valence electrons. The number of ether oxygens (including phenoxy) is 2. The Morgan fingerprint density at radius 3 is 2.62 bits per heavy atom. The van der Waals surface area contributed by atoms with E-state index in [0.29, 0.717) is 13.0 Å². The molecule has 0 radical (unpaired) electrons. The fourth-order valence-electron chi connectivity index (χ4n) is 3.14. The van der Waals surface area contributed by atoms with Crippen LogP contribution in [0.3, 0.4) is 0 Å². The number of hydrogen-bond donors (Lipinski definition) is 1. The highest BCUT2D eigenvalue weighted by Gasteiger charge is 2.34. The number of nitrogens with one attached hydrogen (secondary N) is 1. The van der Waals surface area contributed by atoms with Gasteiger partial charge in [0.25, 0.3) is 0 Å². The van der Waals surface area contributed by atoms with Crippen LogP contribution in [0.1, 0.15) is 57.3 Å². The molecular formula is C20H30N2O6S. The van der Waals surface area contributed by atoms with Gasteiger partial charge in [-0.25, -0.2) is 18.0 Å². The van der Waals surface area contributed by atoms with Gasteiger partial charge in [-0.05, 0) is 58.7 Å². The highest BCUT2D eigenvalue weighted by Crippen LogP contribution is 2.26. The Balaban J connectivity index is 2.17. The molecule has 8 nitrogen and oxygen atoms in total. The Morgan fingerprint density at radius 1 is 1.24 bits per heavy atom. The lowest BCUT2D eigenvalue weighted by atomic mass is 10.1. The average Bonchev–Trinajstić information content (AvgIpc) is 2.65. The summed E-state index contributed by atoms with van der Waals surface area (Å²) in [5, 5.41) is 2.67. The third kappa shape index (κ3) is 6.43. The number of carbonyl (C=O) groups is 2. The molecule has 1 aliphatic heterocycles. The third-order valence-corrected chi connectivity index (χ3v) is 6.35. The lowest BCUT2D eigenvalue weighted by Gasteiger charge is -2.35. The van der Waals surface area contributed by atoms with E-state index in [1.165, 1.54) is 28.6 Å². The predicted octanol–water partition coefficient (Wildman–Crippen LogP) is 2.93. The van der Waals surface area contributed by atoms with E-state index >= 15 is 0 Å². The van der Waals surface area contributed by atoms with E-state index in [-0.39, 0.29) is 29.7 Å². The highest BCUT2D eigenvalue weighted by molar-refractivity contribution is 7.89. The van der Waals surface area contributed by atoms with Crippen molar-refractivity contribution in [3.8, 4) is 0 Å². The maximum Gasteiger partial charge on any atom is 0.407 e. The number of rotatable bonds is 6. The number of alkyl carbamates (subject to hydrolysis) is 1. The molecule has 1 aliphatic rings. The minimum atomic E-state index is -3.83. The van der Waals surface area contributed by atoms with Crippen molar-refractivity contribution >= 4 is 22.1 Å². The number of amides is 1. The van der Waals surface area contributed by atoms with Crippen molar-refractivity contribution in [1.82, 2.24) is 9.62 Å². The van der Waals surface area contributed by atoms with Gasteiger partial charge in [0.1, 0.15) is 5.60 Å². The quantitative estimate of drug-likeness (QED) is 0.702. The molecule has 0 saturated carbocycles. The summed E-state index contributed by atoms with van der Waals surface area (Å²) in [6, 6.07) is 5.46. The van der Waals surface area contributed by atoms with Gasteiger partial charge in [-0.2, -0.15) is 4.31 Å². The van der Waals surface area contributed by atoms with Gasteiger partial charge in [-0.1, -0.05) is 12.5 Å². The van der Waals surface area contributed by atoms with Crippen LogP contribution < -0.4 is 5.32 Å². The maximum absolute atomic E-state index is 13.2. The molecule has 29 heavy (non-hydrogen) atoms. The Kier molecular flexibility index (Phi) is 7.65. The van der Waals surface area contributed by atoms with E-state index < -0.39 is 27.7 Å². The Hall–Kier alpha value is -2.13. The van der Waals surface area contributed by atoms with Crippen molar-refractivity contribution in [2.75, 3.05) is 19.7 Å². The molecule has 1 amide bonds. The van der Waals surface area contributed by atoms with E-state index in [1.54, 1.807) is 27.7 Å². The summed E-state index contributed by atoms with van der Waals surface area (Å²) in [6.07, 6.45) is 1.66. The molecule has 1 N–H and O–H groups in total.